The molecule has 0 saturated carbocycles. The van der Waals surface area contributed by atoms with E-state index in [2.05, 4.69) is 5.32 Å². The van der Waals surface area contributed by atoms with Gasteiger partial charge in [0.25, 0.3) is 5.91 Å². The normalized spacial score (nSPS) is 11.1. The zero-order valence-electron chi connectivity index (χ0n) is 16.5. The van der Waals surface area contributed by atoms with Crippen molar-refractivity contribution in [3.8, 4) is 11.5 Å². The molecule has 0 saturated heterocycles. The first kappa shape index (κ1) is 21.7. The Hall–Kier alpha value is -3.55. The van der Waals surface area contributed by atoms with Gasteiger partial charge in [-0.3, -0.25) is 4.79 Å². The fourth-order valence-corrected chi connectivity index (χ4v) is 2.68. The Morgan fingerprint density at radius 2 is 1.66 bits per heavy atom. The molecule has 1 N–H and O–H groups in total. The summed E-state index contributed by atoms with van der Waals surface area (Å²) >= 11 is 0. The van der Waals surface area contributed by atoms with Crippen LogP contribution in [-0.4, -0.2) is 51.8 Å². The van der Waals surface area contributed by atoms with Gasteiger partial charge in [0.05, 0.1) is 21.3 Å². The predicted molar refractivity (Wildman–Crippen MR) is 104 cm³/mol. The number of esters is 2. The van der Waals surface area contributed by atoms with Crippen LogP contribution < -0.4 is 14.8 Å². The molecule has 0 radical (unpaired) electrons. The van der Waals surface area contributed by atoms with Gasteiger partial charge in [-0.25, -0.2) is 9.59 Å². The van der Waals surface area contributed by atoms with Crippen molar-refractivity contribution in [1.29, 1.82) is 0 Å². The molecule has 29 heavy (non-hydrogen) atoms. The van der Waals surface area contributed by atoms with E-state index in [-0.39, 0.29) is 17.7 Å². The molecule has 8 heteroatoms. The summed E-state index contributed by atoms with van der Waals surface area (Å²) in [6.07, 6.45) is 0.247. The number of benzene rings is 2. The fourth-order valence-electron chi connectivity index (χ4n) is 2.68. The molecule has 2 aromatic carbocycles. The number of carbonyl (C=O) groups is 3. The zero-order chi connectivity index (χ0) is 21.2. The Morgan fingerprint density at radius 3 is 2.28 bits per heavy atom. The maximum atomic E-state index is 12.3. The number of ether oxygens (including phenoxy) is 4. The second kappa shape index (κ2) is 10.7. The van der Waals surface area contributed by atoms with Crippen LogP contribution in [0.2, 0.25) is 0 Å². The van der Waals surface area contributed by atoms with E-state index in [4.69, 9.17) is 18.9 Å². The van der Waals surface area contributed by atoms with Crippen molar-refractivity contribution in [2.24, 2.45) is 0 Å². The minimum Gasteiger partial charge on any atom is -0.493 e. The van der Waals surface area contributed by atoms with Gasteiger partial charge in [-0.1, -0.05) is 36.4 Å². The van der Waals surface area contributed by atoms with Gasteiger partial charge in [-0.2, -0.15) is 0 Å². The van der Waals surface area contributed by atoms with Crippen molar-refractivity contribution in [1.82, 2.24) is 5.32 Å². The van der Waals surface area contributed by atoms with Gasteiger partial charge in [-0.05, 0) is 17.7 Å². The van der Waals surface area contributed by atoms with Gasteiger partial charge in [-0.15, -0.1) is 0 Å². The number of hydrogen-bond acceptors (Lipinski definition) is 7. The summed E-state index contributed by atoms with van der Waals surface area (Å²) in [6, 6.07) is 13.0. The number of nitrogens with one attached hydrogen (secondary N) is 1. The van der Waals surface area contributed by atoms with E-state index in [1.807, 2.05) is 30.3 Å². The maximum absolute atomic E-state index is 12.3. The highest BCUT2D eigenvalue weighted by atomic mass is 16.5. The van der Waals surface area contributed by atoms with Gasteiger partial charge in [0.2, 0.25) is 0 Å². The summed E-state index contributed by atoms with van der Waals surface area (Å²) in [5, 5.41) is 2.53. The molecule has 8 nitrogen and oxygen atoms in total. The summed E-state index contributed by atoms with van der Waals surface area (Å²) in [7, 11) is 4.08. The van der Waals surface area contributed by atoms with Crippen LogP contribution in [0.4, 0.5) is 0 Å². The number of rotatable bonds is 9. The lowest BCUT2D eigenvalue weighted by Gasteiger charge is -2.17. The first-order chi connectivity index (χ1) is 14.0. The molecule has 0 aromatic heterocycles. The Morgan fingerprint density at radius 1 is 0.931 bits per heavy atom. The highest BCUT2D eigenvalue weighted by Crippen LogP contribution is 2.31. The zero-order valence-corrected chi connectivity index (χ0v) is 16.5. The quantitative estimate of drug-likeness (QED) is 0.639. The van der Waals surface area contributed by atoms with E-state index in [1.54, 1.807) is 12.1 Å². The standard InChI is InChI=1S/C21H23NO7/c1-26-17-11-7-10-15(19(17)27-2)20(24)29-13-18(23)22-16(21(25)28-3)12-14-8-5-4-6-9-14/h4-11,16H,12-13H2,1-3H3,(H,22,23)/t16-/m0/s1. The van der Waals surface area contributed by atoms with Crippen molar-refractivity contribution >= 4 is 17.8 Å². The van der Waals surface area contributed by atoms with Gasteiger partial charge >= 0.3 is 11.9 Å². The van der Waals surface area contributed by atoms with Crippen molar-refractivity contribution < 1.29 is 33.3 Å². The largest absolute Gasteiger partial charge is 0.493 e. The molecule has 0 heterocycles. The van der Waals surface area contributed by atoms with Crippen molar-refractivity contribution in [2.75, 3.05) is 27.9 Å². The molecule has 2 rings (SSSR count). The molecule has 0 bridgehead atoms. The van der Waals surface area contributed by atoms with E-state index < -0.39 is 30.5 Å². The van der Waals surface area contributed by atoms with Crippen LogP contribution in [-0.2, 0) is 25.5 Å². The van der Waals surface area contributed by atoms with Crippen LogP contribution in [0.1, 0.15) is 15.9 Å². The predicted octanol–water partition coefficient (Wildman–Crippen LogP) is 1.76. The molecule has 1 atom stereocenters. The molecule has 0 unspecified atom stereocenters. The smallest absolute Gasteiger partial charge is 0.342 e. The molecule has 154 valence electrons. The topological polar surface area (TPSA) is 100 Å². The van der Waals surface area contributed by atoms with Crippen LogP contribution in [0, 0.1) is 0 Å². The van der Waals surface area contributed by atoms with Crippen LogP contribution in [0.5, 0.6) is 11.5 Å². The molecular weight excluding hydrogens is 378 g/mol. The Bertz CT molecular complexity index is 851. The maximum Gasteiger partial charge on any atom is 0.342 e. The lowest BCUT2D eigenvalue weighted by Crippen LogP contribution is -2.44. The Balaban J connectivity index is 2.00. The number of para-hydroxylation sites is 1. The second-order valence-corrected chi connectivity index (χ2v) is 5.95. The summed E-state index contributed by atoms with van der Waals surface area (Å²) in [5.74, 6) is -1.42. The first-order valence-corrected chi connectivity index (χ1v) is 8.79. The van der Waals surface area contributed by atoms with Crippen LogP contribution in [0.15, 0.2) is 48.5 Å². The van der Waals surface area contributed by atoms with Crippen molar-refractivity contribution in [3.05, 3.63) is 59.7 Å². The van der Waals surface area contributed by atoms with Gasteiger partial charge in [0.1, 0.15) is 11.6 Å². The number of carbonyl (C=O) groups excluding carboxylic acids is 3. The van der Waals surface area contributed by atoms with Crippen LogP contribution >= 0.6 is 0 Å². The molecular formula is C21H23NO7. The molecule has 0 aliphatic carbocycles. The highest BCUT2D eigenvalue weighted by Gasteiger charge is 2.23. The van der Waals surface area contributed by atoms with Gasteiger partial charge in [0, 0.05) is 6.42 Å². The summed E-state index contributed by atoms with van der Waals surface area (Å²) in [4.78, 5) is 36.6. The highest BCUT2D eigenvalue weighted by molar-refractivity contribution is 5.95. The van der Waals surface area contributed by atoms with Crippen LogP contribution in [0.25, 0.3) is 0 Å². The third-order valence-corrected chi connectivity index (χ3v) is 4.06. The minimum atomic E-state index is -0.903. The minimum absolute atomic E-state index is 0.119. The summed E-state index contributed by atoms with van der Waals surface area (Å²) in [5.41, 5.74) is 0.967. The fraction of sp³-hybridized carbons (Fsp3) is 0.286. The van der Waals surface area contributed by atoms with E-state index in [0.29, 0.717) is 5.75 Å². The summed E-state index contributed by atoms with van der Waals surface area (Å²) in [6.45, 7) is -0.568. The number of methoxy groups -OCH3 is 3. The van der Waals surface area contributed by atoms with E-state index in [1.165, 1.54) is 27.4 Å². The Labute approximate surface area is 168 Å². The van der Waals surface area contributed by atoms with Crippen molar-refractivity contribution in [2.45, 2.75) is 12.5 Å². The molecule has 0 aliphatic rings. The Kier molecular flexibility index (Phi) is 8.02. The molecule has 2 aromatic rings. The van der Waals surface area contributed by atoms with Crippen LogP contribution in [0.3, 0.4) is 0 Å². The third kappa shape index (κ3) is 5.97. The average Bonchev–Trinajstić information content (AvgIpc) is 2.76. The lowest BCUT2D eigenvalue weighted by molar-refractivity contribution is -0.145. The van der Waals surface area contributed by atoms with E-state index in [9.17, 15) is 14.4 Å². The SMILES string of the molecule is COC(=O)[C@H](Cc1ccccc1)NC(=O)COC(=O)c1cccc(OC)c1OC. The van der Waals surface area contributed by atoms with Gasteiger partial charge in [0.15, 0.2) is 18.1 Å². The summed E-state index contributed by atoms with van der Waals surface area (Å²) < 4.78 is 20.1. The molecule has 0 aliphatic heterocycles. The molecule has 1 amide bonds. The van der Waals surface area contributed by atoms with Gasteiger partial charge < -0.3 is 24.3 Å². The average molecular weight is 401 g/mol. The number of hydrogen-bond donors (Lipinski definition) is 1. The van der Waals surface area contributed by atoms with E-state index >= 15 is 0 Å². The molecule has 0 spiro atoms. The van der Waals surface area contributed by atoms with E-state index in [0.717, 1.165) is 5.56 Å². The number of amides is 1. The lowest BCUT2D eigenvalue weighted by atomic mass is 10.1. The third-order valence-electron chi connectivity index (χ3n) is 4.06. The second-order valence-electron chi connectivity index (χ2n) is 5.95. The molecule has 0 fully saturated rings. The monoisotopic (exact) mass is 401 g/mol. The van der Waals surface area contributed by atoms with Crippen molar-refractivity contribution in [3.63, 3.8) is 0 Å². The first-order valence-electron chi connectivity index (χ1n) is 8.79.